The molecule has 0 spiro atoms. The number of aromatic nitrogens is 3. The first-order valence-corrected chi connectivity index (χ1v) is 13.3. The third-order valence-corrected chi connectivity index (χ3v) is 7.39. The van der Waals surface area contributed by atoms with Crippen LogP contribution in [-0.4, -0.2) is 50.9 Å². The van der Waals surface area contributed by atoms with Crippen LogP contribution in [0.1, 0.15) is 40.7 Å². The van der Waals surface area contributed by atoms with E-state index in [1.54, 1.807) is 18.0 Å². The number of nitrogens with zero attached hydrogens (tertiary/aromatic N) is 4. The Labute approximate surface area is 214 Å². The largest absolute Gasteiger partial charge is 0.352 e. The Morgan fingerprint density at radius 3 is 2.64 bits per heavy atom. The van der Waals surface area contributed by atoms with Gasteiger partial charge in [0.2, 0.25) is 5.91 Å². The molecule has 0 bridgehead atoms. The van der Waals surface area contributed by atoms with Gasteiger partial charge in [-0.05, 0) is 42.2 Å². The molecule has 0 radical (unpaired) electrons. The van der Waals surface area contributed by atoms with Crippen LogP contribution in [0.4, 0.5) is 0 Å². The number of thioether (sulfide) groups is 1. The second kappa shape index (κ2) is 11.4. The molecule has 0 atom stereocenters. The van der Waals surface area contributed by atoms with Crippen LogP contribution in [-0.2, 0) is 17.1 Å². The zero-order chi connectivity index (χ0) is 24.7. The molecule has 1 aliphatic rings. The minimum absolute atomic E-state index is 0.0842. The van der Waals surface area contributed by atoms with Crippen molar-refractivity contribution < 1.29 is 9.59 Å². The summed E-state index contributed by atoms with van der Waals surface area (Å²) in [7, 11) is 0. The fourth-order valence-electron chi connectivity index (χ4n) is 4.39. The normalized spacial score (nSPS) is 13.4. The van der Waals surface area contributed by atoms with Crippen LogP contribution in [0.2, 0.25) is 0 Å². The van der Waals surface area contributed by atoms with E-state index in [1.807, 2.05) is 59.6 Å². The number of likely N-dealkylation sites (tertiary alicyclic amines) is 1. The molecule has 2 aromatic carbocycles. The third kappa shape index (κ3) is 5.76. The number of rotatable bonds is 10. The highest BCUT2D eigenvalue weighted by Gasteiger charge is 2.19. The summed E-state index contributed by atoms with van der Waals surface area (Å²) in [4.78, 5) is 35.2. The van der Waals surface area contributed by atoms with Gasteiger partial charge in [0.05, 0.1) is 23.8 Å². The van der Waals surface area contributed by atoms with Crippen LogP contribution >= 0.6 is 11.8 Å². The monoisotopic (exact) mass is 499 g/mol. The van der Waals surface area contributed by atoms with Crippen molar-refractivity contribution >= 4 is 34.6 Å². The molecule has 2 amide bonds. The van der Waals surface area contributed by atoms with E-state index < -0.39 is 0 Å². The summed E-state index contributed by atoms with van der Waals surface area (Å²) in [5.74, 6) is 0.887. The molecule has 3 heterocycles. The van der Waals surface area contributed by atoms with Crippen molar-refractivity contribution in [1.82, 2.24) is 24.8 Å². The molecule has 0 unspecified atom stereocenters. The van der Waals surface area contributed by atoms with E-state index in [0.29, 0.717) is 25.1 Å². The Morgan fingerprint density at radius 2 is 1.86 bits per heavy atom. The number of hydrogen-bond acceptors (Lipinski definition) is 5. The Balaban J connectivity index is 1.17. The lowest BCUT2D eigenvalue weighted by Crippen LogP contribution is -2.30. The SMILES string of the molecule is O=C(NCCCN1CCCC1=O)c1ccc(CSc2nc3ccncc3n2Cc2ccccc2)cc1. The van der Waals surface area contributed by atoms with Gasteiger partial charge in [-0.2, -0.15) is 0 Å². The van der Waals surface area contributed by atoms with Crippen molar-refractivity contribution in [3.8, 4) is 0 Å². The Morgan fingerprint density at radius 1 is 1.03 bits per heavy atom. The van der Waals surface area contributed by atoms with Crippen LogP contribution in [0.15, 0.2) is 78.2 Å². The first kappa shape index (κ1) is 24.1. The van der Waals surface area contributed by atoms with Crippen LogP contribution in [0.5, 0.6) is 0 Å². The molecule has 1 fully saturated rings. The molecule has 7 nitrogen and oxygen atoms in total. The van der Waals surface area contributed by atoms with E-state index in [1.165, 1.54) is 5.56 Å². The van der Waals surface area contributed by atoms with Crippen LogP contribution < -0.4 is 5.32 Å². The summed E-state index contributed by atoms with van der Waals surface area (Å²) in [6.07, 6.45) is 6.00. The van der Waals surface area contributed by atoms with Crippen LogP contribution in [0.25, 0.3) is 11.0 Å². The highest BCUT2D eigenvalue weighted by atomic mass is 32.2. The summed E-state index contributed by atoms with van der Waals surface area (Å²) < 4.78 is 2.21. The number of pyridine rings is 1. The van der Waals surface area contributed by atoms with Crippen molar-refractivity contribution in [3.05, 3.63) is 89.7 Å². The predicted octanol–water partition coefficient (Wildman–Crippen LogP) is 4.51. The number of nitrogens with one attached hydrogen (secondary N) is 1. The number of benzene rings is 2. The fraction of sp³-hybridized carbons (Fsp3) is 0.286. The van der Waals surface area contributed by atoms with Crippen molar-refractivity contribution in [2.45, 2.75) is 36.7 Å². The van der Waals surface area contributed by atoms with Gasteiger partial charge in [0, 0.05) is 43.6 Å². The number of carbonyl (C=O) groups is 2. The summed E-state index contributed by atoms with van der Waals surface area (Å²) in [5, 5.41) is 3.90. The summed E-state index contributed by atoms with van der Waals surface area (Å²) in [6.45, 7) is 2.84. The highest BCUT2D eigenvalue weighted by molar-refractivity contribution is 7.98. The maximum absolute atomic E-state index is 12.5. The topological polar surface area (TPSA) is 80.1 Å². The number of fused-ring (bicyclic) bond motifs is 1. The molecule has 1 N–H and O–H groups in total. The number of amides is 2. The minimum Gasteiger partial charge on any atom is -0.352 e. The molecule has 8 heteroatoms. The summed E-state index contributed by atoms with van der Waals surface area (Å²) >= 11 is 1.68. The van der Waals surface area contributed by atoms with Crippen LogP contribution in [0.3, 0.4) is 0 Å². The third-order valence-electron chi connectivity index (χ3n) is 6.34. The van der Waals surface area contributed by atoms with E-state index in [0.717, 1.165) is 53.4 Å². The fourth-order valence-corrected chi connectivity index (χ4v) is 5.36. The van der Waals surface area contributed by atoms with Gasteiger partial charge < -0.3 is 14.8 Å². The highest BCUT2D eigenvalue weighted by Crippen LogP contribution is 2.27. The second-order valence-electron chi connectivity index (χ2n) is 8.91. The molecule has 4 aromatic rings. The van der Waals surface area contributed by atoms with Crippen LogP contribution in [0, 0.1) is 0 Å². The van der Waals surface area contributed by atoms with Gasteiger partial charge in [0.25, 0.3) is 5.91 Å². The molecular formula is C28H29N5O2S. The molecule has 36 heavy (non-hydrogen) atoms. The van der Waals surface area contributed by atoms with Gasteiger partial charge >= 0.3 is 0 Å². The number of imidazole rings is 1. The van der Waals surface area contributed by atoms with Gasteiger partial charge in [-0.3, -0.25) is 14.6 Å². The van der Waals surface area contributed by atoms with Gasteiger partial charge in [-0.25, -0.2) is 4.98 Å². The molecule has 0 aliphatic carbocycles. The van der Waals surface area contributed by atoms with Crippen molar-refractivity contribution in [1.29, 1.82) is 0 Å². The molecule has 5 rings (SSSR count). The van der Waals surface area contributed by atoms with E-state index in [2.05, 4.69) is 27.0 Å². The van der Waals surface area contributed by atoms with Crippen molar-refractivity contribution in [3.63, 3.8) is 0 Å². The lowest BCUT2D eigenvalue weighted by molar-refractivity contribution is -0.127. The smallest absolute Gasteiger partial charge is 0.251 e. The molecule has 2 aromatic heterocycles. The first-order chi connectivity index (χ1) is 17.7. The molecule has 0 saturated carbocycles. The van der Waals surface area contributed by atoms with Crippen molar-refractivity contribution in [2.75, 3.05) is 19.6 Å². The molecule has 184 valence electrons. The van der Waals surface area contributed by atoms with E-state index in [4.69, 9.17) is 4.98 Å². The van der Waals surface area contributed by atoms with E-state index in [-0.39, 0.29) is 11.8 Å². The minimum atomic E-state index is -0.0842. The zero-order valence-electron chi connectivity index (χ0n) is 20.1. The summed E-state index contributed by atoms with van der Waals surface area (Å²) in [5.41, 5.74) is 4.93. The van der Waals surface area contributed by atoms with Gasteiger partial charge in [-0.15, -0.1) is 0 Å². The Hall–Kier alpha value is -3.65. The maximum Gasteiger partial charge on any atom is 0.251 e. The molecule has 1 aliphatic heterocycles. The molecule has 1 saturated heterocycles. The van der Waals surface area contributed by atoms with Gasteiger partial charge in [0.1, 0.15) is 0 Å². The number of carbonyl (C=O) groups excluding carboxylic acids is 2. The standard InChI is InChI=1S/C28H29N5O2S/c34-26-8-4-16-32(26)17-5-14-30-27(35)23-11-9-22(10-12-23)20-36-28-31-24-13-15-29-18-25(24)33(28)19-21-6-2-1-3-7-21/h1-3,6-7,9-13,15,18H,4-5,8,14,16-17,19-20H2,(H,30,35). The van der Waals surface area contributed by atoms with Gasteiger partial charge in [-0.1, -0.05) is 54.2 Å². The average Bonchev–Trinajstić information content (AvgIpc) is 3.49. The van der Waals surface area contributed by atoms with E-state index >= 15 is 0 Å². The second-order valence-corrected chi connectivity index (χ2v) is 9.85. The Kier molecular flexibility index (Phi) is 7.61. The number of hydrogen-bond donors (Lipinski definition) is 1. The molecular weight excluding hydrogens is 470 g/mol. The summed E-state index contributed by atoms with van der Waals surface area (Å²) in [6, 6.07) is 20.0. The lowest BCUT2D eigenvalue weighted by atomic mass is 10.1. The maximum atomic E-state index is 12.5. The zero-order valence-corrected chi connectivity index (χ0v) is 20.9. The van der Waals surface area contributed by atoms with E-state index in [9.17, 15) is 9.59 Å². The lowest BCUT2D eigenvalue weighted by Gasteiger charge is -2.15. The average molecular weight is 500 g/mol. The van der Waals surface area contributed by atoms with Crippen molar-refractivity contribution in [2.24, 2.45) is 0 Å². The Bertz CT molecular complexity index is 1340. The first-order valence-electron chi connectivity index (χ1n) is 12.3. The predicted molar refractivity (Wildman–Crippen MR) is 142 cm³/mol. The van der Waals surface area contributed by atoms with Gasteiger partial charge in [0.15, 0.2) is 5.16 Å². The quantitative estimate of drug-likeness (QED) is 0.256.